The third-order valence-electron chi connectivity index (χ3n) is 4.06. The van der Waals surface area contributed by atoms with Crippen molar-refractivity contribution in [1.82, 2.24) is 14.5 Å². The number of aromatic nitrogens is 2. The molecule has 0 unspecified atom stereocenters. The maximum atomic E-state index is 10.3. The highest BCUT2D eigenvalue weighted by molar-refractivity contribution is 5.00. The molecule has 17 heavy (non-hydrogen) atoms. The standard InChI is InChI=1S/C13H23N3O/c1-12(2)9-16(10-13(12,3)17)7-4-6-15-8-5-14-11-15/h5,8,11,17H,4,6-7,9-10H2,1-3H3/t13-/m1/s1. The largest absolute Gasteiger partial charge is 0.388 e. The van der Waals surface area contributed by atoms with Crippen LogP contribution in [0.1, 0.15) is 27.2 Å². The Morgan fingerprint density at radius 2 is 2.00 bits per heavy atom. The van der Waals surface area contributed by atoms with Crippen molar-refractivity contribution in [2.45, 2.75) is 39.3 Å². The molecule has 1 fully saturated rings. The van der Waals surface area contributed by atoms with Crippen LogP contribution in [0.25, 0.3) is 0 Å². The predicted octanol–water partition coefficient (Wildman–Crippen LogP) is 1.37. The fourth-order valence-electron chi connectivity index (χ4n) is 2.49. The maximum absolute atomic E-state index is 10.3. The van der Waals surface area contributed by atoms with Gasteiger partial charge in [0, 0.05) is 37.4 Å². The van der Waals surface area contributed by atoms with Gasteiger partial charge in [0.15, 0.2) is 0 Å². The molecule has 0 bridgehead atoms. The Kier molecular flexibility index (Phi) is 3.27. The van der Waals surface area contributed by atoms with Crippen molar-refractivity contribution in [1.29, 1.82) is 0 Å². The molecule has 2 heterocycles. The summed E-state index contributed by atoms with van der Waals surface area (Å²) in [6, 6.07) is 0. The molecule has 1 N–H and O–H groups in total. The summed E-state index contributed by atoms with van der Waals surface area (Å²) in [4.78, 5) is 6.39. The minimum Gasteiger partial charge on any atom is -0.388 e. The molecule has 0 aromatic carbocycles. The summed E-state index contributed by atoms with van der Waals surface area (Å²) >= 11 is 0. The first kappa shape index (κ1) is 12.6. The molecular weight excluding hydrogens is 214 g/mol. The fourth-order valence-corrected chi connectivity index (χ4v) is 2.49. The molecule has 1 aliphatic rings. The minimum atomic E-state index is -0.567. The molecule has 0 saturated carbocycles. The van der Waals surface area contributed by atoms with Gasteiger partial charge in [0.05, 0.1) is 11.9 Å². The Morgan fingerprint density at radius 3 is 2.53 bits per heavy atom. The lowest BCUT2D eigenvalue weighted by Crippen LogP contribution is -2.40. The molecule has 0 amide bonds. The summed E-state index contributed by atoms with van der Waals surface area (Å²) in [7, 11) is 0. The van der Waals surface area contributed by atoms with Gasteiger partial charge in [-0.3, -0.25) is 4.90 Å². The van der Waals surface area contributed by atoms with E-state index >= 15 is 0 Å². The number of likely N-dealkylation sites (tertiary alicyclic amines) is 1. The summed E-state index contributed by atoms with van der Waals surface area (Å²) in [5, 5.41) is 10.3. The molecule has 96 valence electrons. The summed E-state index contributed by atoms with van der Waals surface area (Å²) in [6.07, 6.45) is 6.75. The van der Waals surface area contributed by atoms with E-state index in [9.17, 15) is 5.11 Å². The summed E-state index contributed by atoms with van der Waals surface area (Å²) in [5.41, 5.74) is -0.579. The molecule has 0 aliphatic carbocycles. The van der Waals surface area contributed by atoms with Crippen LogP contribution in [0, 0.1) is 5.41 Å². The van der Waals surface area contributed by atoms with E-state index in [-0.39, 0.29) is 5.41 Å². The van der Waals surface area contributed by atoms with Gasteiger partial charge in [-0.25, -0.2) is 4.98 Å². The number of imidazole rings is 1. The van der Waals surface area contributed by atoms with Crippen LogP contribution in [-0.4, -0.2) is 44.8 Å². The highest BCUT2D eigenvalue weighted by atomic mass is 16.3. The molecular formula is C13H23N3O. The Balaban J connectivity index is 1.78. The Hall–Kier alpha value is -0.870. The molecule has 0 spiro atoms. The van der Waals surface area contributed by atoms with Crippen molar-refractivity contribution < 1.29 is 5.11 Å². The average Bonchev–Trinajstić information content (AvgIpc) is 2.74. The van der Waals surface area contributed by atoms with Gasteiger partial charge in [0.1, 0.15) is 0 Å². The summed E-state index contributed by atoms with van der Waals surface area (Å²) < 4.78 is 2.10. The highest BCUT2D eigenvalue weighted by Crippen LogP contribution is 2.38. The van der Waals surface area contributed by atoms with Gasteiger partial charge in [-0.15, -0.1) is 0 Å². The zero-order valence-electron chi connectivity index (χ0n) is 11.1. The third-order valence-corrected chi connectivity index (χ3v) is 4.06. The van der Waals surface area contributed by atoms with E-state index in [0.29, 0.717) is 0 Å². The number of rotatable bonds is 4. The van der Waals surface area contributed by atoms with E-state index < -0.39 is 5.60 Å². The number of β-amino-alcohol motifs (C(OH)–C–C–N with tert-alkyl or cyclic N) is 1. The van der Waals surface area contributed by atoms with Gasteiger partial charge in [0.2, 0.25) is 0 Å². The van der Waals surface area contributed by atoms with Crippen LogP contribution >= 0.6 is 0 Å². The SMILES string of the molecule is CC1(C)CN(CCCn2ccnc2)C[C@@]1(C)O. The smallest absolute Gasteiger partial charge is 0.0945 e. The van der Waals surface area contributed by atoms with Crippen molar-refractivity contribution in [3.8, 4) is 0 Å². The third kappa shape index (κ3) is 2.69. The number of aryl methyl sites for hydroxylation is 1. The van der Waals surface area contributed by atoms with E-state index in [1.54, 1.807) is 0 Å². The van der Waals surface area contributed by atoms with E-state index in [0.717, 1.165) is 32.6 Å². The quantitative estimate of drug-likeness (QED) is 0.860. The van der Waals surface area contributed by atoms with E-state index in [4.69, 9.17) is 0 Å². The topological polar surface area (TPSA) is 41.3 Å². The molecule has 4 heteroatoms. The predicted molar refractivity (Wildman–Crippen MR) is 67.7 cm³/mol. The number of hydrogen-bond donors (Lipinski definition) is 1. The van der Waals surface area contributed by atoms with Gasteiger partial charge in [-0.05, 0) is 19.9 Å². The van der Waals surface area contributed by atoms with Crippen LogP contribution in [-0.2, 0) is 6.54 Å². The van der Waals surface area contributed by atoms with E-state index in [1.165, 1.54) is 0 Å². The molecule has 1 saturated heterocycles. The monoisotopic (exact) mass is 237 g/mol. The molecule has 0 radical (unpaired) electrons. The molecule has 1 aliphatic heterocycles. The first-order chi connectivity index (χ1) is 7.91. The van der Waals surface area contributed by atoms with E-state index in [2.05, 4.69) is 28.3 Å². The zero-order chi connectivity index (χ0) is 12.5. The average molecular weight is 237 g/mol. The lowest BCUT2D eigenvalue weighted by atomic mass is 9.79. The highest BCUT2D eigenvalue weighted by Gasteiger charge is 2.47. The second kappa shape index (κ2) is 4.42. The maximum Gasteiger partial charge on any atom is 0.0945 e. The normalized spacial score (nSPS) is 28.7. The summed E-state index contributed by atoms with van der Waals surface area (Å²) in [5.74, 6) is 0. The zero-order valence-corrected chi connectivity index (χ0v) is 11.1. The first-order valence-corrected chi connectivity index (χ1v) is 6.31. The number of aliphatic hydroxyl groups is 1. The van der Waals surface area contributed by atoms with Gasteiger partial charge >= 0.3 is 0 Å². The minimum absolute atomic E-state index is 0.0119. The van der Waals surface area contributed by atoms with Crippen LogP contribution in [0.5, 0.6) is 0 Å². The van der Waals surface area contributed by atoms with Crippen molar-refractivity contribution in [3.63, 3.8) is 0 Å². The van der Waals surface area contributed by atoms with Crippen LogP contribution in [0.4, 0.5) is 0 Å². The van der Waals surface area contributed by atoms with Crippen LogP contribution in [0.15, 0.2) is 18.7 Å². The van der Waals surface area contributed by atoms with Gasteiger partial charge < -0.3 is 9.67 Å². The second-order valence-corrected chi connectivity index (χ2v) is 6.02. The van der Waals surface area contributed by atoms with Crippen molar-refractivity contribution >= 4 is 0 Å². The van der Waals surface area contributed by atoms with Gasteiger partial charge in [-0.1, -0.05) is 13.8 Å². The van der Waals surface area contributed by atoms with Crippen LogP contribution in [0.2, 0.25) is 0 Å². The van der Waals surface area contributed by atoms with Crippen molar-refractivity contribution in [3.05, 3.63) is 18.7 Å². The lowest BCUT2D eigenvalue weighted by molar-refractivity contribution is -0.0110. The molecule has 1 aromatic rings. The number of nitrogens with zero attached hydrogens (tertiary/aromatic N) is 3. The second-order valence-electron chi connectivity index (χ2n) is 6.02. The molecule has 4 nitrogen and oxygen atoms in total. The molecule has 1 atom stereocenters. The Bertz CT molecular complexity index is 341. The molecule has 1 aromatic heterocycles. The Labute approximate surface area is 103 Å². The number of hydrogen-bond acceptors (Lipinski definition) is 3. The van der Waals surface area contributed by atoms with Gasteiger partial charge in [0.25, 0.3) is 0 Å². The Morgan fingerprint density at radius 1 is 1.24 bits per heavy atom. The van der Waals surface area contributed by atoms with Crippen molar-refractivity contribution in [2.24, 2.45) is 5.41 Å². The fraction of sp³-hybridized carbons (Fsp3) is 0.769. The molecule has 2 rings (SSSR count). The van der Waals surface area contributed by atoms with Gasteiger partial charge in [-0.2, -0.15) is 0 Å². The van der Waals surface area contributed by atoms with Crippen LogP contribution in [0.3, 0.4) is 0 Å². The lowest BCUT2D eigenvalue weighted by Gasteiger charge is -2.31. The van der Waals surface area contributed by atoms with Crippen molar-refractivity contribution in [2.75, 3.05) is 19.6 Å². The van der Waals surface area contributed by atoms with E-state index in [1.807, 2.05) is 25.6 Å². The first-order valence-electron chi connectivity index (χ1n) is 6.31. The van der Waals surface area contributed by atoms with Crippen LogP contribution < -0.4 is 0 Å². The summed E-state index contributed by atoms with van der Waals surface area (Å²) in [6.45, 7) is 10.0.